The number of pyridine rings is 1. The van der Waals surface area contributed by atoms with E-state index in [1.807, 2.05) is 0 Å². The summed E-state index contributed by atoms with van der Waals surface area (Å²) >= 11 is 0. The van der Waals surface area contributed by atoms with Gasteiger partial charge in [-0.15, -0.1) is 0 Å². The van der Waals surface area contributed by atoms with Gasteiger partial charge in [0.1, 0.15) is 0 Å². The molecule has 2 atom stereocenters. The molecule has 2 aliphatic carbocycles. The van der Waals surface area contributed by atoms with Crippen molar-refractivity contribution in [2.24, 2.45) is 16.9 Å². The first-order chi connectivity index (χ1) is 12.9. The lowest BCUT2D eigenvalue weighted by molar-refractivity contribution is -0.136. The Labute approximate surface area is 153 Å². The van der Waals surface area contributed by atoms with Gasteiger partial charge in [0.25, 0.3) is 11.2 Å². The van der Waals surface area contributed by atoms with Gasteiger partial charge in [-0.1, -0.05) is 30.3 Å². The highest BCUT2D eigenvalue weighted by atomic mass is 19.4. The molecule has 27 heavy (non-hydrogen) atoms. The van der Waals surface area contributed by atoms with Gasteiger partial charge in [-0.3, -0.25) is 4.79 Å². The van der Waals surface area contributed by atoms with Crippen LogP contribution in [0.2, 0.25) is 0 Å². The first-order valence-electron chi connectivity index (χ1n) is 8.76. The van der Waals surface area contributed by atoms with Crippen molar-refractivity contribution >= 4 is 11.4 Å². The van der Waals surface area contributed by atoms with Crippen LogP contribution in [0.4, 0.5) is 18.9 Å². The summed E-state index contributed by atoms with van der Waals surface area (Å²) in [7, 11) is 0. The van der Waals surface area contributed by atoms with Gasteiger partial charge in [0.15, 0.2) is 0 Å². The fourth-order valence-corrected chi connectivity index (χ4v) is 4.11. The molecular weight excluding hydrogens is 355 g/mol. The number of aromatic nitrogens is 1. The summed E-state index contributed by atoms with van der Waals surface area (Å²) in [5.74, 6) is 0.823. The van der Waals surface area contributed by atoms with E-state index in [9.17, 15) is 18.0 Å². The first-order valence-corrected chi connectivity index (χ1v) is 8.76. The standard InChI is InChI=1S/C20H16F3N3O/c1-24-18-15(20(21,22)23)11-17(13-5-3-2-4-6-13)26(19(18)27)25-16-10-12-7-8-14(16)9-12/h2-6,11-12,14H,7-10H2/t12-,14+/m1/s1. The Hall–Kier alpha value is -2.88. The topological polar surface area (TPSA) is 38.7 Å². The van der Waals surface area contributed by atoms with E-state index in [-0.39, 0.29) is 11.6 Å². The molecule has 0 saturated heterocycles. The molecule has 1 aromatic carbocycles. The Morgan fingerprint density at radius 3 is 2.48 bits per heavy atom. The minimum absolute atomic E-state index is 0.0515. The Bertz CT molecular complexity index is 1020. The molecule has 0 unspecified atom stereocenters. The summed E-state index contributed by atoms with van der Waals surface area (Å²) in [5.41, 5.74) is -1.82. The molecule has 4 nitrogen and oxygen atoms in total. The van der Waals surface area contributed by atoms with Gasteiger partial charge in [0.2, 0.25) is 0 Å². The smallest absolute Gasteiger partial charge is 0.281 e. The van der Waals surface area contributed by atoms with Crippen LogP contribution in [0.5, 0.6) is 0 Å². The molecule has 2 aromatic rings. The zero-order valence-electron chi connectivity index (χ0n) is 14.3. The maximum atomic E-state index is 13.4. The lowest BCUT2D eigenvalue weighted by Crippen LogP contribution is -2.24. The van der Waals surface area contributed by atoms with Crippen molar-refractivity contribution in [3.05, 3.63) is 63.7 Å². The second kappa shape index (κ2) is 6.38. The van der Waals surface area contributed by atoms with Crippen LogP contribution >= 0.6 is 0 Å². The van der Waals surface area contributed by atoms with Crippen LogP contribution in [0.3, 0.4) is 0 Å². The molecule has 7 heteroatoms. The highest BCUT2D eigenvalue weighted by Gasteiger charge is 2.39. The van der Waals surface area contributed by atoms with Gasteiger partial charge in [-0.25, -0.2) is 9.52 Å². The number of benzene rings is 1. The predicted octanol–water partition coefficient (Wildman–Crippen LogP) is 5.11. The number of alkyl halides is 3. The lowest BCUT2D eigenvalue weighted by Gasteiger charge is -2.17. The van der Waals surface area contributed by atoms with E-state index >= 15 is 0 Å². The van der Waals surface area contributed by atoms with E-state index in [1.54, 1.807) is 30.3 Å². The number of nitrogens with zero attached hydrogens (tertiary/aromatic N) is 3. The van der Waals surface area contributed by atoms with Crippen LogP contribution in [0.15, 0.2) is 46.3 Å². The molecule has 2 bridgehead atoms. The summed E-state index contributed by atoms with van der Waals surface area (Å²) < 4.78 is 41.3. The Morgan fingerprint density at radius 2 is 1.93 bits per heavy atom. The summed E-state index contributed by atoms with van der Waals surface area (Å²) in [6.45, 7) is 7.11. The molecule has 0 amide bonds. The van der Waals surface area contributed by atoms with Gasteiger partial charge in [0.05, 0.1) is 17.8 Å². The zero-order chi connectivity index (χ0) is 19.2. The number of rotatable bonds is 2. The molecule has 0 radical (unpaired) electrons. The van der Waals surface area contributed by atoms with Crippen molar-refractivity contribution in [2.45, 2.75) is 31.9 Å². The summed E-state index contributed by atoms with van der Waals surface area (Å²) in [4.78, 5) is 15.7. The number of halogens is 3. The molecule has 0 aliphatic heterocycles. The summed E-state index contributed by atoms with van der Waals surface area (Å²) in [6.07, 6.45) is -0.884. The number of hydrogen-bond acceptors (Lipinski definition) is 2. The molecule has 2 saturated carbocycles. The van der Waals surface area contributed by atoms with Crippen molar-refractivity contribution < 1.29 is 13.2 Å². The van der Waals surface area contributed by atoms with Crippen LogP contribution in [-0.2, 0) is 6.18 Å². The second-order valence-corrected chi connectivity index (χ2v) is 7.06. The molecule has 4 rings (SSSR count). The fourth-order valence-electron chi connectivity index (χ4n) is 4.11. The van der Waals surface area contributed by atoms with E-state index in [0.717, 1.165) is 42.1 Å². The fraction of sp³-hybridized carbons (Fsp3) is 0.350. The summed E-state index contributed by atoms with van der Waals surface area (Å²) in [6, 6.07) is 9.23. The predicted molar refractivity (Wildman–Crippen MR) is 95.7 cm³/mol. The van der Waals surface area contributed by atoms with Crippen molar-refractivity contribution in [3.8, 4) is 11.3 Å². The third-order valence-corrected chi connectivity index (χ3v) is 5.38. The van der Waals surface area contributed by atoms with E-state index in [2.05, 4.69) is 9.95 Å². The lowest BCUT2D eigenvalue weighted by atomic mass is 9.99. The molecular formula is C20H16F3N3O. The average Bonchev–Trinajstić information content (AvgIpc) is 3.26. The van der Waals surface area contributed by atoms with Crippen molar-refractivity contribution in [1.29, 1.82) is 0 Å². The minimum Gasteiger partial charge on any atom is -0.281 e. The monoisotopic (exact) mass is 371 g/mol. The highest BCUT2D eigenvalue weighted by Crippen LogP contribution is 2.43. The van der Waals surface area contributed by atoms with Crippen molar-refractivity contribution in [3.63, 3.8) is 0 Å². The van der Waals surface area contributed by atoms with Gasteiger partial charge in [-0.05, 0) is 43.6 Å². The Kier molecular flexibility index (Phi) is 4.14. The first kappa shape index (κ1) is 17.5. The van der Waals surface area contributed by atoms with Crippen LogP contribution < -0.4 is 5.56 Å². The normalized spacial score (nSPS) is 23.0. The van der Waals surface area contributed by atoms with Crippen LogP contribution in [0.25, 0.3) is 16.1 Å². The van der Waals surface area contributed by atoms with Crippen LogP contribution in [-0.4, -0.2) is 10.4 Å². The van der Waals surface area contributed by atoms with Gasteiger partial charge < -0.3 is 0 Å². The Balaban J connectivity index is 1.98. The highest BCUT2D eigenvalue weighted by molar-refractivity contribution is 5.90. The van der Waals surface area contributed by atoms with Crippen LogP contribution in [0.1, 0.15) is 31.2 Å². The molecule has 2 fully saturated rings. The molecule has 2 aliphatic rings. The van der Waals surface area contributed by atoms with Gasteiger partial charge in [0, 0.05) is 11.3 Å². The SMILES string of the molecule is [C-]#[N+]c1c(C(F)(F)F)cc(-c2ccccc2)n(N=C2C[C@@H]3CC[C@H]2C3)c1=O. The van der Waals surface area contributed by atoms with Gasteiger partial charge in [-0.2, -0.15) is 18.3 Å². The molecule has 1 aromatic heterocycles. The largest absolute Gasteiger partial charge is 0.407 e. The van der Waals surface area contributed by atoms with E-state index < -0.39 is 23.0 Å². The van der Waals surface area contributed by atoms with Gasteiger partial charge >= 0.3 is 6.18 Å². The molecule has 1 heterocycles. The third-order valence-electron chi connectivity index (χ3n) is 5.38. The van der Waals surface area contributed by atoms with E-state index in [1.165, 1.54) is 0 Å². The Morgan fingerprint density at radius 1 is 1.19 bits per heavy atom. The van der Waals surface area contributed by atoms with E-state index in [0.29, 0.717) is 11.5 Å². The third kappa shape index (κ3) is 3.05. The number of hydrogen-bond donors (Lipinski definition) is 0. The average molecular weight is 371 g/mol. The van der Waals surface area contributed by atoms with Crippen molar-refractivity contribution in [1.82, 2.24) is 4.68 Å². The van der Waals surface area contributed by atoms with Crippen molar-refractivity contribution in [2.75, 3.05) is 0 Å². The molecule has 138 valence electrons. The number of fused-ring (bicyclic) bond motifs is 2. The minimum atomic E-state index is -4.79. The van der Waals surface area contributed by atoms with E-state index in [4.69, 9.17) is 6.57 Å². The zero-order valence-corrected chi connectivity index (χ0v) is 14.3. The second-order valence-electron chi connectivity index (χ2n) is 7.06. The molecule has 0 N–H and O–H groups in total. The maximum absolute atomic E-state index is 13.4. The molecule has 0 spiro atoms. The quantitative estimate of drug-likeness (QED) is 0.676. The summed E-state index contributed by atoms with van der Waals surface area (Å²) in [5, 5.41) is 4.46. The maximum Gasteiger partial charge on any atom is 0.407 e. The van der Waals surface area contributed by atoms with Crippen LogP contribution in [0, 0.1) is 18.4 Å².